The van der Waals surface area contributed by atoms with Crippen LogP contribution in [-0.4, -0.2) is 25.6 Å². The summed E-state index contributed by atoms with van der Waals surface area (Å²) in [5, 5.41) is 9.30. The Bertz CT molecular complexity index is 147. The highest BCUT2D eigenvalue weighted by molar-refractivity contribution is 6.76. The minimum absolute atomic E-state index is 0.438. The Morgan fingerprint density at radius 2 is 2.00 bits per heavy atom. The van der Waals surface area contributed by atoms with Crippen LogP contribution in [0.2, 0.25) is 25.7 Å². The normalized spacial score (nSPS) is 15.3. The summed E-state index contributed by atoms with van der Waals surface area (Å²) in [7, 11) is -1.19. The molecule has 11 heavy (non-hydrogen) atoms. The first-order valence-electron chi connectivity index (χ1n) is 3.76. The molecule has 0 bridgehead atoms. The Morgan fingerprint density at radius 3 is 2.36 bits per heavy atom. The Kier molecular flexibility index (Phi) is 4.29. The SMILES string of the molecule is C[Si](C)(C)C[C@@H](O)/C=C/C=O. The predicted molar refractivity (Wildman–Crippen MR) is 49.4 cm³/mol. The van der Waals surface area contributed by atoms with Gasteiger partial charge in [-0.25, -0.2) is 0 Å². The lowest BCUT2D eigenvalue weighted by molar-refractivity contribution is -0.104. The van der Waals surface area contributed by atoms with Crippen LogP contribution < -0.4 is 0 Å². The van der Waals surface area contributed by atoms with Crippen LogP contribution in [0.25, 0.3) is 0 Å². The molecule has 3 heteroatoms. The molecule has 0 aliphatic heterocycles. The number of hydrogen-bond donors (Lipinski definition) is 1. The van der Waals surface area contributed by atoms with E-state index in [2.05, 4.69) is 19.6 Å². The topological polar surface area (TPSA) is 37.3 Å². The van der Waals surface area contributed by atoms with Crippen molar-refractivity contribution in [3.05, 3.63) is 12.2 Å². The van der Waals surface area contributed by atoms with Crippen LogP contribution in [0.3, 0.4) is 0 Å². The maximum atomic E-state index is 9.89. The average molecular weight is 172 g/mol. The molecule has 0 aromatic carbocycles. The van der Waals surface area contributed by atoms with E-state index in [-0.39, 0.29) is 0 Å². The molecule has 0 aliphatic carbocycles. The van der Waals surface area contributed by atoms with Crippen molar-refractivity contribution < 1.29 is 9.90 Å². The lowest BCUT2D eigenvalue weighted by Gasteiger charge is -2.17. The predicted octanol–water partition coefficient (Wildman–Crippen LogP) is 1.44. The van der Waals surface area contributed by atoms with E-state index in [0.29, 0.717) is 6.29 Å². The average Bonchev–Trinajstić information content (AvgIpc) is 1.79. The summed E-state index contributed by atoms with van der Waals surface area (Å²) in [5.74, 6) is 0. The van der Waals surface area contributed by atoms with E-state index >= 15 is 0 Å². The number of rotatable bonds is 4. The number of carbonyl (C=O) groups is 1. The quantitative estimate of drug-likeness (QED) is 0.396. The summed E-state index contributed by atoms with van der Waals surface area (Å²) in [4.78, 5) is 9.89. The third kappa shape index (κ3) is 7.48. The molecule has 0 radical (unpaired) electrons. The largest absolute Gasteiger partial charge is 0.389 e. The molecule has 0 amide bonds. The third-order valence-electron chi connectivity index (χ3n) is 1.23. The van der Waals surface area contributed by atoms with E-state index < -0.39 is 14.2 Å². The van der Waals surface area contributed by atoms with Gasteiger partial charge in [-0.15, -0.1) is 0 Å². The van der Waals surface area contributed by atoms with Gasteiger partial charge in [-0.2, -0.15) is 0 Å². The third-order valence-corrected chi connectivity index (χ3v) is 2.88. The van der Waals surface area contributed by atoms with Gasteiger partial charge in [0.1, 0.15) is 6.29 Å². The van der Waals surface area contributed by atoms with Crippen LogP contribution in [0.15, 0.2) is 12.2 Å². The number of carbonyl (C=O) groups excluding carboxylic acids is 1. The van der Waals surface area contributed by atoms with E-state index in [1.807, 2.05) is 0 Å². The van der Waals surface area contributed by atoms with E-state index in [1.165, 1.54) is 6.08 Å². The van der Waals surface area contributed by atoms with Crippen molar-refractivity contribution >= 4 is 14.4 Å². The van der Waals surface area contributed by atoms with Crippen LogP contribution in [0, 0.1) is 0 Å². The summed E-state index contributed by atoms with van der Waals surface area (Å²) in [5.41, 5.74) is 0. The fourth-order valence-corrected chi connectivity index (χ4v) is 2.26. The molecule has 0 saturated heterocycles. The molecule has 0 spiro atoms. The van der Waals surface area contributed by atoms with Gasteiger partial charge in [0.25, 0.3) is 0 Å². The van der Waals surface area contributed by atoms with Gasteiger partial charge in [0.15, 0.2) is 0 Å². The zero-order valence-corrected chi connectivity index (χ0v) is 8.37. The minimum Gasteiger partial charge on any atom is -0.389 e. The summed E-state index contributed by atoms with van der Waals surface area (Å²) < 4.78 is 0. The van der Waals surface area contributed by atoms with E-state index in [0.717, 1.165) is 6.04 Å². The second-order valence-electron chi connectivity index (χ2n) is 3.85. The number of aliphatic hydroxyl groups excluding tert-OH is 1. The molecule has 0 fully saturated rings. The first kappa shape index (κ1) is 10.6. The maximum absolute atomic E-state index is 9.89. The Hall–Kier alpha value is -0.413. The Balaban J connectivity index is 3.78. The zero-order chi connectivity index (χ0) is 8.91. The number of aldehydes is 1. The van der Waals surface area contributed by atoms with Crippen LogP contribution in [-0.2, 0) is 4.79 Å². The number of allylic oxidation sites excluding steroid dienone is 1. The van der Waals surface area contributed by atoms with Crippen molar-refractivity contribution in [2.45, 2.75) is 31.8 Å². The second-order valence-corrected chi connectivity index (χ2v) is 9.38. The second kappa shape index (κ2) is 4.46. The van der Waals surface area contributed by atoms with Crippen molar-refractivity contribution in [3.8, 4) is 0 Å². The lowest BCUT2D eigenvalue weighted by atomic mass is 10.4. The van der Waals surface area contributed by atoms with Crippen molar-refractivity contribution in [2.75, 3.05) is 0 Å². The van der Waals surface area contributed by atoms with Gasteiger partial charge in [0.2, 0.25) is 0 Å². The highest BCUT2D eigenvalue weighted by Gasteiger charge is 2.16. The van der Waals surface area contributed by atoms with Gasteiger partial charge >= 0.3 is 0 Å². The van der Waals surface area contributed by atoms with Crippen molar-refractivity contribution in [1.29, 1.82) is 0 Å². The number of aliphatic hydroxyl groups is 1. The van der Waals surface area contributed by atoms with Gasteiger partial charge in [-0.3, -0.25) is 4.79 Å². The minimum atomic E-state index is -1.19. The highest BCUT2D eigenvalue weighted by atomic mass is 28.3. The standard InChI is InChI=1S/C8H16O2Si/c1-11(2,3)7-8(10)5-4-6-9/h4-6,8,10H,7H2,1-3H3/b5-4+/t8-/m0/s1. The molecule has 0 unspecified atom stereocenters. The van der Waals surface area contributed by atoms with E-state index in [9.17, 15) is 9.90 Å². The fraction of sp³-hybridized carbons (Fsp3) is 0.625. The Morgan fingerprint density at radius 1 is 1.45 bits per heavy atom. The summed E-state index contributed by atoms with van der Waals surface area (Å²) in [6.45, 7) is 6.56. The first-order chi connectivity index (χ1) is 4.95. The lowest BCUT2D eigenvalue weighted by Crippen LogP contribution is -2.25. The van der Waals surface area contributed by atoms with Gasteiger partial charge in [-0.1, -0.05) is 25.7 Å². The molecule has 0 aromatic heterocycles. The van der Waals surface area contributed by atoms with Crippen molar-refractivity contribution in [2.24, 2.45) is 0 Å². The maximum Gasteiger partial charge on any atom is 0.142 e. The molecular formula is C8H16O2Si. The molecular weight excluding hydrogens is 156 g/mol. The molecule has 64 valence electrons. The molecule has 0 heterocycles. The summed E-state index contributed by atoms with van der Waals surface area (Å²) >= 11 is 0. The van der Waals surface area contributed by atoms with Gasteiger partial charge in [-0.05, 0) is 12.1 Å². The monoisotopic (exact) mass is 172 g/mol. The molecule has 2 nitrogen and oxygen atoms in total. The highest BCUT2D eigenvalue weighted by Crippen LogP contribution is 2.11. The van der Waals surface area contributed by atoms with Crippen molar-refractivity contribution in [3.63, 3.8) is 0 Å². The smallest absolute Gasteiger partial charge is 0.142 e. The first-order valence-corrected chi connectivity index (χ1v) is 7.46. The van der Waals surface area contributed by atoms with Crippen LogP contribution >= 0.6 is 0 Å². The summed E-state index contributed by atoms with van der Waals surface area (Å²) in [6, 6.07) is 0.817. The van der Waals surface area contributed by atoms with E-state index in [1.54, 1.807) is 6.08 Å². The van der Waals surface area contributed by atoms with Crippen LogP contribution in [0.5, 0.6) is 0 Å². The number of hydrogen-bond acceptors (Lipinski definition) is 2. The molecule has 1 N–H and O–H groups in total. The Labute approximate surface area is 68.9 Å². The fourth-order valence-electron chi connectivity index (χ4n) is 0.869. The van der Waals surface area contributed by atoms with Gasteiger partial charge < -0.3 is 5.11 Å². The van der Waals surface area contributed by atoms with E-state index in [4.69, 9.17) is 0 Å². The van der Waals surface area contributed by atoms with Crippen LogP contribution in [0.1, 0.15) is 0 Å². The molecule has 0 aromatic rings. The van der Waals surface area contributed by atoms with Crippen molar-refractivity contribution in [1.82, 2.24) is 0 Å². The van der Waals surface area contributed by atoms with Gasteiger partial charge in [0.05, 0.1) is 6.10 Å². The molecule has 0 aliphatic rings. The van der Waals surface area contributed by atoms with Crippen LogP contribution in [0.4, 0.5) is 0 Å². The molecule has 1 atom stereocenters. The molecule has 0 rings (SSSR count). The molecule has 0 saturated carbocycles. The van der Waals surface area contributed by atoms with Gasteiger partial charge in [0, 0.05) is 8.07 Å². The zero-order valence-electron chi connectivity index (χ0n) is 7.37. The summed E-state index contributed by atoms with van der Waals surface area (Å²) in [6.07, 6.45) is 3.15.